The third-order valence-electron chi connectivity index (χ3n) is 6.43. The summed E-state index contributed by atoms with van der Waals surface area (Å²) in [5, 5.41) is 0. The first kappa shape index (κ1) is 18.1. The monoisotopic (exact) mass is 380 g/mol. The number of ether oxygens (including phenoxy) is 6. The molecule has 0 amide bonds. The van der Waals surface area contributed by atoms with Gasteiger partial charge in [0.05, 0.1) is 0 Å². The maximum Gasteiger partial charge on any atom is 0.333 e. The molecule has 3 saturated heterocycles. The highest BCUT2D eigenvalue weighted by atomic mass is 16.9. The molecule has 27 heavy (non-hydrogen) atoms. The molecule has 0 radical (unpaired) electrons. The largest absolute Gasteiger partial charge is 0.459 e. The topological polar surface area (TPSA) is 72.5 Å². The highest BCUT2D eigenvalue weighted by Crippen LogP contribution is 2.51. The first-order chi connectivity index (χ1) is 13.0. The third-order valence-corrected chi connectivity index (χ3v) is 6.43. The van der Waals surface area contributed by atoms with Crippen LogP contribution in [0.4, 0.5) is 0 Å². The van der Waals surface area contributed by atoms with Gasteiger partial charge in [0.15, 0.2) is 17.9 Å². The molecule has 3 aliphatic heterocycles. The van der Waals surface area contributed by atoms with Crippen molar-refractivity contribution in [2.45, 2.75) is 101 Å². The van der Waals surface area contributed by atoms with Crippen molar-refractivity contribution in [2.75, 3.05) is 6.61 Å². The van der Waals surface area contributed by atoms with E-state index in [9.17, 15) is 4.79 Å². The lowest BCUT2D eigenvalue weighted by Gasteiger charge is -2.36. The zero-order valence-electron chi connectivity index (χ0n) is 15.8. The lowest BCUT2D eigenvalue weighted by molar-refractivity contribution is -0.247. The average molecular weight is 380 g/mol. The molecule has 5 fully saturated rings. The minimum Gasteiger partial charge on any atom is -0.459 e. The van der Waals surface area contributed by atoms with Crippen LogP contribution in [-0.4, -0.2) is 54.9 Å². The van der Waals surface area contributed by atoms with Crippen LogP contribution in [0.5, 0.6) is 0 Å². The van der Waals surface area contributed by atoms with Crippen molar-refractivity contribution in [1.29, 1.82) is 0 Å². The summed E-state index contributed by atoms with van der Waals surface area (Å²) >= 11 is 0. The molecule has 5 rings (SSSR count). The molecule has 0 bridgehead atoms. The summed E-state index contributed by atoms with van der Waals surface area (Å²) in [7, 11) is 0. The quantitative estimate of drug-likeness (QED) is 0.550. The van der Waals surface area contributed by atoms with Crippen LogP contribution >= 0.6 is 0 Å². The van der Waals surface area contributed by atoms with Gasteiger partial charge in [0.1, 0.15) is 31.0 Å². The van der Waals surface area contributed by atoms with Crippen LogP contribution in [0.2, 0.25) is 0 Å². The summed E-state index contributed by atoms with van der Waals surface area (Å²) in [6, 6.07) is 0. The molecule has 0 aromatic heterocycles. The Morgan fingerprint density at radius 3 is 2.11 bits per heavy atom. The fraction of sp³-hybridized carbons (Fsp3) is 0.850. The van der Waals surface area contributed by atoms with E-state index >= 15 is 0 Å². The van der Waals surface area contributed by atoms with Crippen molar-refractivity contribution in [2.24, 2.45) is 0 Å². The van der Waals surface area contributed by atoms with E-state index in [0.29, 0.717) is 5.57 Å². The molecule has 5 atom stereocenters. The van der Waals surface area contributed by atoms with Crippen molar-refractivity contribution in [3.63, 3.8) is 0 Å². The Kier molecular flexibility index (Phi) is 4.37. The molecule has 3 heterocycles. The predicted molar refractivity (Wildman–Crippen MR) is 92.5 cm³/mol. The Bertz CT molecular complexity index is 620. The Morgan fingerprint density at radius 1 is 0.926 bits per heavy atom. The summed E-state index contributed by atoms with van der Waals surface area (Å²) in [6.45, 7) is 5.35. The van der Waals surface area contributed by atoms with E-state index in [1.807, 2.05) is 0 Å². The molecule has 0 N–H and O–H groups in total. The number of hydrogen-bond acceptors (Lipinski definition) is 7. The maximum absolute atomic E-state index is 11.9. The molecule has 150 valence electrons. The summed E-state index contributed by atoms with van der Waals surface area (Å²) in [4.78, 5) is 11.9. The van der Waals surface area contributed by atoms with Gasteiger partial charge in [-0.15, -0.1) is 0 Å². The zero-order valence-corrected chi connectivity index (χ0v) is 15.8. The highest BCUT2D eigenvalue weighted by molar-refractivity contribution is 5.86. The third kappa shape index (κ3) is 3.04. The van der Waals surface area contributed by atoms with E-state index < -0.39 is 29.9 Å². The van der Waals surface area contributed by atoms with E-state index in [1.165, 1.54) is 0 Å². The molecular formula is C20H28O7. The van der Waals surface area contributed by atoms with Crippen molar-refractivity contribution in [3.05, 3.63) is 12.2 Å². The fourth-order valence-corrected chi connectivity index (χ4v) is 5.10. The van der Waals surface area contributed by atoms with Gasteiger partial charge in [-0.1, -0.05) is 6.58 Å². The SMILES string of the molecule is C=C(C)C(=O)OC[C@H]1O[C@@H]2OC3(CCCC3)O[C@H]2[C@H]2OC3(CCCC3)O[C@@H]21. The van der Waals surface area contributed by atoms with Gasteiger partial charge in [-0.2, -0.15) is 0 Å². The molecule has 5 aliphatic rings. The van der Waals surface area contributed by atoms with E-state index in [1.54, 1.807) is 6.92 Å². The van der Waals surface area contributed by atoms with Crippen molar-refractivity contribution in [3.8, 4) is 0 Å². The van der Waals surface area contributed by atoms with E-state index in [4.69, 9.17) is 28.4 Å². The van der Waals surface area contributed by atoms with E-state index in [-0.39, 0.29) is 24.9 Å². The minimum absolute atomic E-state index is 0.0892. The second-order valence-electron chi connectivity index (χ2n) is 8.52. The Labute approximate surface area is 159 Å². The maximum atomic E-state index is 11.9. The van der Waals surface area contributed by atoms with Crippen LogP contribution in [0.25, 0.3) is 0 Å². The summed E-state index contributed by atoms with van der Waals surface area (Å²) in [6.07, 6.45) is 6.00. The van der Waals surface area contributed by atoms with Gasteiger partial charge in [-0.25, -0.2) is 4.79 Å². The molecule has 2 saturated carbocycles. The van der Waals surface area contributed by atoms with Gasteiger partial charge in [0, 0.05) is 31.3 Å². The van der Waals surface area contributed by atoms with Crippen molar-refractivity contribution in [1.82, 2.24) is 0 Å². The molecule has 0 aromatic rings. The minimum atomic E-state index is -0.558. The predicted octanol–water partition coefficient (Wildman–Crippen LogP) is 2.57. The smallest absolute Gasteiger partial charge is 0.333 e. The van der Waals surface area contributed by atoms with Gasteiger partial charge < -0.3 is 28.4 Å². The van der Waals surface area contributed by atoms with Crippen molar-refractivity contribution < 1.29 is 33.2 Å². The second kappa shape index (κ2) is 6.52. The number of carbonyl (C=O) groups is 1. The number of hydrogen-bond donors (Lipinski definition) is 0. The summed E-state index contributed by atoms with van der Waals surface area (Å²) in [5.74, 6) is -1.54. The Balaban J connectivity index is 1.37. The molecule has 7 nitrogen and oxygen atoms in total. The fourth-order valence-electron chi connectivity index (χ4n) is 5.10. The molecule has 0 aromatic carbocycles. The van der Waals surface area contributed by atoms with Crippen LogP contribution < -0.4 is 0 Å². The standard InChI is InChI=1S/C20H28O7/c1-12(2)17(21)22-11-13-14-15(25-19(24-14)7-3-4-8-19)16-18(23-13)27-20(26-16)9-5-6-10-20/h13-16,18H,1,3-11H2,2H3/t13-,14-,15+,16+,18-/m1/s1. The van der Waals surface area contributed by atoms with Crippen LogP contribution in [0, 0.1) is 0 Å². The van der Waals surface area contributed by atoms with Crippen molar-refractivity contribution >= 4 is 5.97 Å². The van der Waals surface area contributed by atoms with Gasteiger partial charge in [-0.05, 0) is 32.6 Å². The highest BCUT2D eigenvalue weighted by Gasteiger charge is 2.64. The Hall–Kier alpha value is -0.990. The number of fused-ring (bicyclic) bond motifs is 3. The molecule has 0 unspecified atom stereocenters. The van der Waals surface area contributed by atoms with Gasteiger partial charge >= 0.3 is 5.97 Å². The van der Waals surface area contributed by atoms with Crippen LogP contribution in [0.15, 0.2) is 12.2 Å². The Morgan fingerprint density at radius 2 is 1.48 bits per heavy atom. The van der Waals surface area contributed by atoms with Crippen LogP contribution in [0.3, 0.4) is 0 Å². The van der Waals surface area contributed by atoms with Gasteiger partial charge in [0.2, 0.25) is 0 Å². The normalized spacial score (nSPS) is 41.0. The summed E-state index contributed by atoms with van der Waals surface area (Å²) < 4.78 is 37.0. The molecule has 7 heteroatoms. The molecular weight excluding hydrogens is 352 g/mol. The lowest BCUT2D eigenvalue weighted by Crippen LogP contribution is -2.56. The first-order valence-corrected chi connectivity index (χ1v) is 10.2. The number of carbonyl (C=O) groups excluding carboxylic acids is 1. The van der Waals surface area contributed by atoms with Gasteiger partial charge in [-0.3, -0.25) is 0 Å². The van der Waals surface area contributed by atoms with E-state index in [0.717, 1.165) is 51.4 Å². The summed E-state index contributed by atoms with van der Waals surface area (Å²) in [5.41, 5.74) is 0.362. The first-order valence-electron chi connectivity index (χ1n) is 10.2. The lowest BCUT2D eigenvalue weighted by atomic mass is 9.99. The molecule has 2 spiro atoms. The second-order valence-corrected chi connectivity index (χ2v) is 8.52. The van der Waals surface area contributed by atoms with E-state index in [2.05, 4.69) is 6.58 Å². The van der Waals surface area contributed by atoms with Gasteiger partial charge in [0.25, 0.3) is 0 Å². The number of rotatable bonds is 3. The zero-order chi connectivity index (χ0) is 18.6. The molecule has 2 aliphatic carbocycles. The average Bonchev–Trinajstić information content (AvgIpc) is 3.41. The number of esters is 1. The van der Waals surface area contributed by atoms with Crippen LogP contribution in [0.1, 0.15) is 58.3 Å². The van der Waals surface area contributed by atoms with Crippen LogP contribution in [-0.2, 0) is 33.2 Å².